The van der Waals surface area contributed by atoms with Crippen molar-refractivity contribution < 1.29 is 4.74 Å². The molecule has 0 spiro atoms. The Labute approximate surface area is 116 Å². The maximum atomic E-state index is 5.16. The van der Waals surface area contributed by atoms with Crippen molar-refractivity contribution in [3.8, 4) is 0 Å². The number of aromatic nitrogens is 1. The van der Waals surface area contributed by atoms with E-state index in [1.165, 1.54) is 12.1 Å². The number of hydrogen-bond donors (Lipinski definition) is 0. The first-order valence-electron chi connectivity index (χ1n) is 7.14. The SMILES string of the molecule is COCCN1CCN(CCc2ccncc2)C[C@@H]1C. The van der Waals surface area contributed by atoms with Gasteiger partial charge in [-0.05, 0) is 31.0 Å². The molecule has 1 saturated heterocycles. The zero-order chi connectivity index (χ0) is 13.5. The molecule has 1 aromatic rings. The van der Waals surface area contributed by atoms with E-state index in [9.17, 15) is 0 Å². The minimum Gasteiger partial charge on any atom is -0.383 e. The number of methoxy groups -OCH3 is 1. The van der Waals surface area contributed by atoms with Gasteiger partial charge < -0.3 is 9.64 Å². The summed E-state index contributed by atoms with van der Waals surface area (Å²) >= 11 is 0. The molecule has 0 bridgehead atoms. The minimum atomic E-state index is 0.626. The predicted molar refractivity (Wildman–Crippen MR) is 77.3 cm³/mol. The number of hydrogen-bond acceptors (Lipinski definition) is 4. The Bertz CT molecular complexity index is 358. The van der Waals surface area contributed by atoms with E-state index < -0.39 is 0 Å². The van der Waals surface area contributed by atoms with Gasteiger partial charge in [0.2, 0.25) is 0 Å². The Morgan fingerprint density at radius 1 is 1.26 bits per heavy atom. The van der Waals surface area contributed by atoms with Crippen LogP contribution in [0, 0.1) is 0 Å². The van der Waals surface area contributed by atoms with Crippen molar-refractivity contribution in [3.05, 3.63) is 30.1 Å². The first kappa shape index (κ1) is 14.4. The Morgan fingerprint density at radius 2 is 2.05 bits per heavy atom. The van der Waals surface area contributed by atoms with Crippen LogP contribution in [-0.2, 0) is 11.2 Å². The molecule has 1 aliphatic rings. The largest absolute Gasteiger partial charge is 0.383 e. The third-order valence-electron chi connectivity index (χ3n) is 3.90. The normalized spacial score (nSPS) is 21.7. The number of piperazine rings is 1. The van der Waals surface area contributed by atoms with E-state index in [1.807, 2.05) is 12.4 Å². The molecule has 0 unspecified atom stereocenters. The molecule has 19 heavy (non-hydrogen) atoms. The standard InChI is InChI=1S/C15H25N3O/c1-14-13-17(9-10-18(14)11-12-19-2)8-5-15-3-6-16-7-4-15/h3-4,6-7,14H,5,8-13H2,1-2H3/t14-/m0/s1. The van der Waals surface area contributed by atoms with Crippen LogP contribution in [0.2, 0.25) is 0 Å². The lowest BCUT2D eigenvalue weighted by Crippen LogP contribution is -2.52. The smallest absolute Gasteiger partial charge is 0.0589 e. The van der Waals surface area contributed by atoms with Crippen LogP contribution in [0.3, 0.4) is 0 Å². The monoisotopic (exact) mass is 263 g/mol. The highest BCUT2D eigenvalue weighted by Gasteiger charge is 2.22. The van der Waals surface area contributed by atoms with Crippen LogP contribution in [0.4, 0.5) is 0 Å². The summed E-state index contributed by atoms with van der Waals surface area (Å²) in [4.78, 5) is 9.14. The zero-order valence-corrected chi connectivity index (χ0v) is 12.1. The maximum Gasteiger partial charge on any atom is 0.0589 e. The van der Waals surface area contributed by atoms with Gasteiger partial charge in [-0.15, -0.1) is 0 Å². The fourth-order valence-corrected chi connectivity index (χ4v) is 2.65. The Morgan fingerprint density at radius 3 is 2.74 bits per heavy atom. The van der Waals surface area contributed by atoms with Gasteiger partial charge in [-0.1, -0.05) is 0 Å². The highest BCUT2D eigenvalue weighted by atomic mass is 16.5. The molecule has 4 nitrogen and oxygen atoms in total. The van der Waals surface area contributed by atoms with Crippen LogP contribution in [0.5, 0.6) is 0 Å². The summed E-state index contributed by atoms with van der Waals surface area (Å²) < 4.78 is 5.16. The van der Waals surface area contributed by atoms with Crippen molar-refractivity contribution in [3.63, 3.8) is 0 Å². The Hall–Kier alpha value is -0.970. The molecule has 2 heterocycles. The summed E-state index contributed by atoms with van der Waals surface area (Å²) in [5.41, 5.74) is 1.38. The molecule has 1 aromatic heterocycles. The van der Waals surface area contributed by atoms with Gasteiger partial charge in [0.05, 0.1) is 6.61 Å². The highest BCUT2D eigenvalue weighted by molar-refractivity contribution is 5.09. The molecule has 0 aliphatic carbocycles. The van der Waals surface area contributed by atoms with E-state index in [4.69, 9.17) is 4.74 Å². The zero-order valence-electron chi connectivity index (χ0n) is 12.1. The second-order valence-corrected chi connectivity index (χ2v) is 5.28. The first-order valence-corrected chi connectivity index (χ1v) is 7.14. The molecule has 0 N–H and O–H groups in total. The van der Waals surface area contributed by atoms with Crippen LogP contribution in [0.25, 0.3) is 0 Å². The summed E-state index contributed by atoms with van der Waals surface area (Å²) in [6.07, 6.45) is 4.87. The summed E-state index contributed by atoms with van der Waals surface area (Å²) in [5, 5.41) is 0. The molecule has 1 atom stereocenters. The molecule has 0 radical (unpaired) electrons. The highest BCUT2D eigenvalue weighted by Crippen LogP contribution is 2.10. The average molecular weight is 263 g/mol. The van der Waals surface area contributed by atoms with E-state index in [-0.39, 0.29) is 0 Å². The third-order valence-corrected chi connectivity index (χ3v) is 3.90. The van der Waals surface area contributed by atoms with Gasteiger partial charge in [0, 0.05) is 58.3 Å². The molecule has 1 aliphatic heterocycles. The first-order chi connectivity index (χ1) is 9.29. The fraction of sp³-hybridized carbons (Fsp3) is 0.667. The van der Waals surface area contributed by atoms with E-state index in [2.05, 4.69) is 33.8 Å². The van der Waals surface area contributed by atoms with Gasteiger partial charge in [-0.3, -0.25) is 9.88 Å². The molecule has 0 saturated carbocycles. The van der Waals surface area contributed by atoms with Crippen LogP contribution in [-0.4, -0.2) is 67.3 Å². The molecular formula is C15H25N3O. The summed E-state index contributed by atoms with van der Waals surface area (Å²) in [7, 11) is 1.77. The van der Waals surface area contributed by atoms with E-state index >= 15 is 0 Å². The third kappa shape index (κ3) is 4.56. The van der Waals surface area contributed by atoms with E-state index in [0.29, 0.717) is 6.04 Å². The lowest BCUT2D eigenvalue weighted by molar-refractivity contribution is 0.0596. The maximum absolute atomic E-state index is 5.16. The number of pyridine rings is 1. The molecule has 0 aromatic carbocycles. The van der Waals surface area contributed by atoms with E-state index in [0.717, 1.165) is 39.2 Å². The van der Waals surface area contributed by atoms with Gasteiger partial charge in [0.25, 0.3) is 0 Å². The number of ether oxygens (including phenoxy) is 1. The van der Waals surface area contributed by atoms with Gasteiger partial charge in [0.1, 0.15) is 0 Å². The van der Waals surface area contributed by atoms with E-state index in [1.54, 1.807) is 7.11 Å². The average Bonchev–Trinajstić information content (AvgIpc) is 2.45. The van der Waals surface area contributed by atoms with Crippen LogP contribution >= 0.6 is 0 Å². The van der Waals surface area contributed by atoms with Crippen molar-refractivity contribution in [2.24, 2.45) is 0 Å². The second kappa shape index (κ2) is 7.58. The van der Waals surface area contributed by atoms with Crippen molar-refractivity contribution in [1.82, 2.24) is 14.8 Å². The minimum absolute atomic E-state index is 0.626. The van der Waals surface area contributed by atoms with Crippen LogP contribution < -0.4 is 0 Å². The molecule has 106 valence electrons. The quantitative estimate of drug-likeness (QED) is 0.773. The summed E-state index contributed by atoms with van der Waals surface area (Å²) in [5.74, 6) is 0. The predicted octanol–water partition coefficient (Wildman–Crippen LogP) is 1.28. The van der Waals surface area contributed by atoms with Gasteiger partial charge in [0.15, 0.2) is 0 Å². The summed E-state index contributed by atoms with van der Waals surface area (Å²) in [6, 6.07) is 4.85. The Balaban J connectivity index is 1.73. The van der Waals surface area contributed by atoms with Crippen molar-refractivity contribution in [2.45, 2.75) is 19.4 Å². The summed E-state index contributed by atoms with van der Waals surface area (Å²) in [6.45, 7) is 8.83. The molecule has 0 amide bonds. The number of nitrogens with zero attached hydrogens (tertiary/aromatic N) is 3. The van der Waals surface area contributed by atoms with Crippen LogP contribution in [0.1, 0.15) is 12.5 Å². The Kier molecular flexibility index (Phi) is 5.76. The fourth-order valence-electron chi connectivity index (χ4n) is 2.65. The molecular weight excluding hydrogens is 238 g/mol. The lowest BCUT2D eigenvalue weighted by Gasteiger charge is -2.39. The van der Waals surface area contributed by atoms with Gasteiger partial charge in [-0.25, -0.2) is 0 Å². The van der Waals surface area contributed by atoms with Crippen molar-refractivity contribution in [2.75, 3.05) is 46.4 Å². The molecule has 1 fully saturated rings. The lowest BCUT2D eigenvalue weighted by atomic mass is 10.1. The van der Waals surface area contributed by atoms with Crippen LogP contribution in [0.15, 0.2) is 24.5 Å². The second-order valence-electron chi connectivity index (χ2n) is 5.28. The van der Waals surface area contributed by atoms with Crippen molar-refractivity contribution >= 4 is 0 Å². The molecule has 2 rings (SSSR count). The van der Waals surface area contributed by atoms with Gasteiger partial charge in [-0.2, -0.15) is 0 Å². The molecule has 4 heteroatoms. The van der Waals surface area contributed by atoms with Gasteiger partial charge >= 0.3 is 0 Å². The number of rotatable bonds is 6. The topological polar surface area (TPSA) is 28.6 Å². The van der Waals surface area contributed by atoms with Crippen molar-refractivity contribution in [1.29, 1.82) is 0 Å².